The van der Waals surface area contributed by atoms with E-state index in [1.165, 1.54) is 41.0 Å². The van der Waals surface area contributed by atoms with Crippen molar-refractivity contribution in [3.05, 3.63) is 107 Å². The molecule has 10 heteroatoms. The molecule has 0 radical (unpaired) electrons. The Bertz CT molecular complexity index is 1900. The molecule has 0 spiro atoms. The van der Waals surface area contributed by atoms with Crippen LogP contribution in [0.5, 0.6) is 11.5 Å². The van der Waals surface area contributed by atoms with Crippen LogP contribution in [-0.4, -0.2) is 24.5 Å². The Kier molecular flexibility index (Phi) is 5.56. The molecule has 0 saturated heterocycles. The predicted octanol–water partition coefficient (Wildman–Crippen LogP) is 6.09. The largest absolute Gasteiger partial charge is 0.452 e. The van der Waals surface area contributed by atoms with Crippen molar-refractivity contribution in [2.24, 2.45) is 0 Å². The molecule has 0 amide bonds. The summed E-state index contributed by atoms with van der Waals surface area (Å²) >= 11 is 0. The molecule has 0 bridgehead atoms. The van der Waals surface area contributed by atoms with Crippen LogP contribution in [0.4, 0.5) is 20.3 Å². The number of halogens is 2. The third-order valence-electron chi connectivity index (χ3n) is 6.08. The maximum Gasteiger partial charge on any atom is 0.266 e. The van der Waals surface area contributed by atoms with Crippen molar-refractivity contribution in [1.82, 2.24) is 24.5 Å². The zero-order chi connectivity index (χ0) is 26.4. The first-order valence-corrected chi connectivity index (χ1v) is 11.7. The molecule has 2 N–H and O–H groups in total. The second kappa shape index (κ2) is 9.07. The summed E-state index contributed by atoms with van der Waals surface area (Å²) in [4.78, 5) is 29.5. The number of hydrogen-bond acceptors (Lipinski definition) is 6. The lowest BCUT2D eigenvalue weighted by Crippen LogP contribution is -2.21. The van der Waals surface area contributed by atoms with Crippen molar-refractivity contribution in [3.8, 4) is 17.2 Å². The molecule has 0 aliphatic heterocycles. The SMILES string of the molecule is Cc1nc2c(Oc3ccc(Nc4nccc5cc(C)n(-c6ccc(F)cc6)c(=O)c45)cc3F)ccnc2[nH]1. The number of benzene rings is 2. The summed E-state index contributed by atoms with van der Waals surface area (Å²) < 4.78 is 35.8. The number of anilines is 2. The Morgan fingerprint density at radius 2 is 1.71 bits per heavy atom. The minimum atomic E-state index is -0.618. The summed E-state index contributed by atoms with van der Waals surface area (Å²) in [6.45, 7) is 3.59. The van der Waals surface area contributed by atoms with E-state index < -0.39 is 11.6 Å². The molecule has 4 heterocycles. The number of aromatic amines is 1. The minimum absolute atomic E-state index is 0.00359. The van der Waals surface area contributed by atoms with Crippen LogP contribution in [0.2, 0.25) is 0 Å². The predicted molar refractivity (Wildman–Crippen MR) is 140 cm³/mol. The second-order valence-electron chi connectivity index (χ2n) is 8.73. The summed E-state index contributed by atoms with van der Waals surface area (Å²) in [6.07, 6.45) is 3.12. The molecule has 6 aromatic rings. The summed E-state index contributed by atoms with van der Waals surface area (Å²) in [7, 11) is 0. The number of nitrogens with zero attached hydrogens (tertiary/aromatic N) is 4. The van der Waals surface area contributed by atoms with Crippen LogP contribution in [0, 0.1) is 25.5 Å². The lowest BCUT2D eigenvalue weighted by atomic mass is 10.1. The third-order valence-corrected chi connectivity index (χ3v) is 6.08. The van der Waals surface area contributed by atoms with Gasteiger partial charge in [0.1, 0.15) is 17.5 Å². The van der Waals surface area contributed by atoms with E-state index in [0.29, 0.717) is 50.6 Å². The number of pyridine rings is 3. The monoisotopic (exact) mass is 510 g/mol. The zero-order valence-corrected chi connectivity index (χ0v) is 20.3. The van der Waals surface area contributed by atoms with Gasteiger partial charge in [0.2, 0.25) is 0 Å². The van der Waals surface area contributed by atoms with Gasteiger partial charge in [0.15, 0.2) is 28.5 Å². The van der Waals surface area contributed by atoms with E-state index in [-0.39, 0.29) is 17.1 Å². The Labute approximate surface area is 214 Å². The molecule has 6 rings (SSSR count). The second-order valence-corrected chi connectivity index (χ2v) is 8.73. The van der Waals surface area contributed by atoms with Crippen LogP contribution >= 0.6 is 0 Å². The Morgan fingerprint density at radius 3 is 2.50 bits per heavy atom. The molecule has 4 aromatic heterocycles. The van der Waals surface area contributed by atoms with Gasteiger partial charge in [0.25, 0.3) is 5.56 Å². The molecule has 0 unspecified atom stereocenters. The number of rotatable bonds is 5. The van der Waals surface area contributed by atoms with Gasteiger partial charge < -0.3 is 15.0 Å². The van der Waals surface area contributed by atoms with Gasteiger partial charge in [-0.15, -0.1) is 0 Å². The highest BCUT2D eigenvalue weighted by molar-refractivity contribution is 5.93. The van der Waals surface area contributed by atoms with E-state index in [1.54, 1.807) is 44.4 Å². The molecular formula is C28H20F2N6O2. The Balaban J connectivity index is 1.35. The lowest BCUT2D eigenvalue weighted by Gasteiger charge is -2.15. The fraction of sp³-hybridized carbons (Fsp3) is 0.0714. The molecular weight excluding hydrogens is 490 g/mol. The molecule has 0 saturated carbocycles. The smallest absolute Gasteiger partial charge is 0.266 e. The highest BCUT2D eigenvalue weighted by atomic mass is 19.1. The van der Waals surface area contributed by atoms with Gasteiger partial charge in [-0.25, -0.2) is 23.7 Å². The van der Waals surface area contributed by atoms with E-state index >= 15 is 4.39 Å². The van der Waals surface area contributed by atoms with E-state index in [9.17, 15) is 9.18 Å². The van der Waals surface area contributed by atoms with Gasteiger partial charge in [-0.3, -0.25) is 9.36 Å². The standard InChI is InChI=1S/C28H20F2N6O2/c1-15-13-17-9-11-31-26(24(17)28(37)36(15)20-6-3-18(29)4-7-20)35-19-5-8-22(21(30)14-19)38-23-10-12-32-27-25(23)33-16(2)34-27/h3-14H,1-2H3,(H,31,35)(H,32,33,34). The quantitative estimate of drug-likeness (QED) is 0.291. The topological polar surface area (TPSA) is 97.7 Å². The van der Waals surface area contributed by atoms with E-state index in [2.05, 4.69) is 25.3 Å². The van der Waals surface area contributed by atoms with E-state index in [4.69, 9.17) is 4.74 Å². The number of H-pyrrole nitrogens is 1. The first-order valence-electron chi connectivity index (χ1n) is 11.7. The number of hydrogen-bond donors (Lipinski definition) is 2. The highest BCUT2D eigenvalue weighted by Gasteiger charge is 2.15. The van der Waals surface area contributed by atoms with Crippen LogP contribution < -0.4 is 15.6 Å². The van der Waals surface area contributed by atoms with E-state index in [0.717, 1.165) is 0 Å². The zero-order valence-electron chi connectivity index (χ0n) is 20.3. The van der Waals surface area contributed by atoms with Crippen molar-refractivity contribution in [2.45, 2.75) is 13.8 Å². The average molecular weight is 511 g/mol. The Morgan fingerprint density at radius 1 is 0.921 bits per heavy atom. The van der Waals surface area contributed by atoms with Crippen molar-refractivity contribution < 1.29 is 13.5 Å². The van der Waals surface area contributed by atoms with Crippen molar-refractivity contribution in [1.29, 1.82) is 0 Å². The van der Waals surface area contributed by atoms with E-state index in [1.807, 2.05) is 6.07 Å². The molecule has 0 fully saturated rings. The van der Waals surface area contributed by atoms with Gasteiger partial charge in [0, 0.05) is 41.6 Å². The fourth-order valence-corrected chi connectivity index (χ4v) is 4.39. The minimum Gasteiger partial charge on any atom is -0.452 e. The summed E-state index contributed by atoms with van der Waals surface area (Å²) in [5.41, 5.74) is 2.28. The van der Waals surface area contributed by atoms with Crippen molar-refractivity contribution in [3.63, 3.8) is 0 Å². The first kappa shape index (κ1) is 23.3. The lowest BCUT2D eigenvalue weighted by molar-refractivity contribution is 0.445. The third kappa shape index (κ3) is 4.11. The summed E-state index contributed by atoms with van der Waals surface area (Å²) in [5.74, 6) is 0.285. The first-order chi connectivity index (χ1) is 18.4. The maximum atomic E-state index is 15.1. The normalized spacial score (nSPS) is 11.3. The number of aromatic nitrogens is 5. The van der Waals surface area contributed by atoms with Crippen LogP contribution in [0.3, 0.4) is 0 Å². The fourth-order valence-electron chi connectivity index (χ4n) is 4.39. The maximum absolute atomic E-state index is 15.1. The van der Waals surface area contributed by atoms with Crippen LogP contribution in [0.15, 0.2) is 77.9 Å². The number of ether oxygens (including phenoxy) is 1. The highest BCUT2D eigenvalue weighted by Crippen LogP contribution is 2.32. The van der Waals surface area contributed by atoms with Crippen LogP contribution in [-0.2, 0) is 0 Å². The average Bonchev–Trinajstić information content (AvgIpc) is 3.28. The molecule has 188 valence electrons. The van der Waals surface area contributed by atoms with Gasteiger partial charge in [-0.05, 0) is 67.8 Å². The van der Waals surface area contributed by atoms with Crippen molar-refractivity contribution in [2.75, 3.05) is 5.32 Å². The molecule has 0 atom stereocenters. The van der Waals surface area contributed by atoms with Gasteiger partial charge in [-0.1, -0.05) is 0 Å². The van der Waals surface area contributed by atoms with Gasteiger partial charge in [-0.2, -0.15) is 0 Å². The number of fused-ring (bicyclic) bond motifs is 2. The summed E-state index contributed by atoms with van der Waals surface area (Å²) in [6, 6.07) is 15.2. The van der Waals surface area contributed by atoms with Gasteiger partial charge >= 0.3 is 0 Å². The summed E-state index contributed by atoms with van der Waals surface area (Å²) in [5, 5.41) is 4.03. The molecule has 0 aliphatic rings. The molecule has 38 heavy (non-hydrogen) atoms. The van der Waals surface area contributed by atoms with Crippen molar-refractivity contribution >= 4 is 33.4 Å². The Hall–Kier alpha value is -5.12. The molecule has 8 nitrogen and oxygen atoms in total. The number of nitrogens with one attached hydrogen (secondary N) is 2. The molecule has 0 aliphatic carbocycles. The number of imidazole rings is 1. The van der Waals surface area contributed by atoms with Crippen LogP contribution in [0.1, 0.15) is 11.5 Å². The van der Waals surface area contributed by atoms with Gasteiger partial charge in [0.05, 0.1) is 5.39 Å². The van der Waals surface area contributed by atoms with Crippen LogP contribution in [0.25, 0.3) is 27.6 Å². The number of aryl methyl sites for hydroxylation is 2. The molecule has 2 aromatic carbocycles.